The number of carbonyl (C=O) groups is 3. The predicted octanol–water partition coefficient (Wildman–Crippen LogP) is 3.24. The molecule has 1 aliphatic rings. The minimum atomic E-state index is -1.21. The van der Waals surface area contributed by atoms with Crippen molar-refractivity contribution in [2.45, 2.75) is 30.6 Å². The molecular formula is C23H26N2O5S. The lowest BCUT2D eigenvalue weighted by atomic mass is 9.98. The van der Waals surface area contributed by atoms with E-state index in [1.54, 1.807) is 11.8 Å². The lowest BCUT2D eigenvalue weighted by molar-refractivity contribution is -0.139. The van der Waals surface area contributed by atoms with Gasteiger partial charge in [0.25, 0.3) is 0 Å². The molecule has 2 atom stereocenters. The van der Waals surface area contributed by atoms with E-state index in [1.165, 1.54) is 0 Å². The van der Waals surface area contributed by atoms with Crippen LogP contribution in [0.1, 0.15) is 30.4 Å². The fraction of sp³-hybridized carbons (Fsp3) is 0.348. The molecule has 1 aliphatic carbocycles. The number of alkyl carbamates (subject to hydrolysis) is 1. The van der Waals surface area contributed by atoms with Gasteiger partial charge in [0.15, 0.2) is 0 Å². The van der Waals surface area contributed by atoms with Crippen LogP contribution in [0.25, 0.3) is 11.1 Å². The molecule has 3 rings (SSSR count). The Bertz CT molecular complexity index is 919. The summed E-state index contributed by atoms with van der Waals surface area (Å²) in [7, 11) is 0. The van der Waals surface area contributed by atoms with Crippen molar-refractivity contribution in [3.63, 3.8) is 0 Å². The van der Waals surface area contributed by atoms with Crippen LogP contribution >= 0.6 is 11.8 Å². The summed E-state index contributed by atoms with van der Waals surface area (Å²) in [6.07, 6.45) is 0.575. The first-order chi connectivity index (χ1) is 14.9. The van der Waals surface area contributed by atoms with Gasteiger partial charge in [-0.25, -0.2) is 4.79 Å². The van der Waals surface area contributed by atoms with Crippen LogP contribution in [0.4, 0.5) is 4.79 Å². The highest BCUT2D eigenvalue weighted by Crippen LogP contribution is 2.44. The normalized spacial score (nSPS) is 14.1. The molecule has 7 nitrogen and oxygen atoms in total. The Kier molecular flexibility index (Phi) is 7.57. The maximum Gasteiger partial charge on any atom is 0.407 e. The first-order valence-electron chi connectivity index (χ1n) is 10.0. The summed E-state index contributed by atoms with van der Waals surface area (Å²) in [5.74, 6) is -1.85. The van der Waals surface area contributed by atoms with Crippen LogP contribution in [0.5, 0.6) is 0 Å². The first-order valence-corrected chi connectivity index (χ1v) is 11.3. The molecule has 164 valence electrons. The molecule has 2 aromatic rings. The van der Waals surface area contributed by atoms with Crippen molar-refractivity contribution in [3.8, 4) is 11.1 Å². The van der Waals surface area contributed by atoms with Gasteiger partial charge in [-0.05, 0) is 28.5 Å². The Labute approximate surface area is 185 Å². The van der Waals surface area contributed by atoms with Gasteiger partial charge >= 0.3 is 12.1 Å². The van der Waals surface area contributed by atoms with Crippen molar-refractivity contribution in [3.05, 3.63) is 59.7 Å². The number of thioether (sulfide) groups is 1. The molecule has 3 N–H and O–H groups in total. The summed E-state index contributed by atoms with van der Waals surface area (Å²) in [5, 5.41) is 14.4. The van der Waals surface area contributed by atoms with Gasteiger partial charge in [-0.2, -0.15) is 11.8 Å². The van der Waals surface area contributed by atoms with E-state index in [4.69, 9.17) is 9.84 Å². The maximum atomic E-state index is 12.4. The first kappa shape index (κ1) is 22.7. The van der Waals surface area contributed by atoms with Crippen molar-refractivity contribution in [1.82, 2.24) is 10.6 Å². The number of carboxylic acids is 1. The van der Waals surface area contributed by atoms with Gasteiger partial charge < -0.3 is 20.5 Å². The largest absolute Gasteiger partial charge is 0.481 e. The number of rotatable bonds is 9. The Balaban J connectivity index is 1.64. The smallest absolute Gasteiger partial charge is 0.407 e. The Hall–Kier alpha value is -3.00. The van der Waals surface area contributed by atoms with Crippen molar-refractivity contribution in [2.24, 2.45) is 0 Å². The number of fused-ring (bicyclic) bond motifs is 3. The zero-order chi connectivity index (χ0) is 22.4. The summed E-state index contributed by atoms with van der Waals surface area (Å²) in [4.78, 5) is 35.9. The van der Waals surface area contributed by atoms with Gasteiger partial charge in [0.2, 0.25) is 5.91 Å². The molecule has 0 radical (unpaired) electrons. The van der Waals surface area contributed by atoms with E-state index in [9.17, 15) is 14.4 Å². The highest BCUT2D eigenvalue weighted by molar-refractivity contribution is 7.99. The molecule has 31 heavy (non-hydrogen) atoms. The zero-order valence-corrected chi connectivity index (χ0v) is 18.3. The van der Waals surface area contributed by atoms with Gasteiger partial charge in [0, 0.05) is 17.7 Å². The van der Waals surface area contributed by atoms with Gasteiger partial charge in [0.05, 0.1) is 6.42 Å². The van der Waals surface area contributed by atoms with Gasteiger partial charge in [0.1, 0.15) is 12.6 Å². The van der Waals surface area contributed by atoms with E-state index in [-0.39, 0.29) is 17.8 Å². The molecule has 0 bridgehead atoms. The summed E-state index contributed by atoms with van der Waals surface area (Å²) >= 11 is 1.57. The van der Waals surface area contributed by atoms with Crippen LogP contribution in [0.2, 0.25) is 0 Å². The van der Waals surface area contributed by atoms with Crippen molar-refractivity contribution < 1.29 is 24.2 Å². The topological polar surface area (TPSA) is 105 Å². The Morgan fingerprint density at radius 3 is 2.19 bits per heavy atom. The number of benzene rings is 2. The second-order valence-electron chi connectivity index (χ2n) is 7.41. The zero-order valence-electron chi connectivity index (χ0n) is 17.5. The van der Waals surface area contributed by atoms with Gasteiger partial charge in [-0.3, -0.25) is 9.59 Å². The minimum absolute atomic E-state index is 0.0881. The third-order valence-electron chi connectivity index (χ3n) is 5.30. The van der Waals surface area contributed by atoms with Crippen LogP contribution in [0, 0.1) is 0 Å². The fourth-order valence-electron chi connectivity index (χ4n) is 3.62. The monoisotopic (exact) mass is 442 g/mol. The number of hydrogen-bond donors (Lipinski definition) is 3. The summed E-state index contributed by atoms with van der Waals surface area (Å²) < 4.78 is 5.42. The number of amides is 2. The highest BCUT2D eigenvalue weighted by atomic mass is 32.2. The molecule has 2 amide bonds. The number of ether oxygens (including phenoxy) is 1. The molecular weight excluding hydrogens is 416 g/mol. The SMILES string of the molecule is CSC(C)CNC(=O)C(CC(=O)O)NC(=O)OCC1c2ccccc2-c2ccccc21. The van der Waals surface area contributed by atoms with Crippen LogP contribution in [-0.2, 0) is 14.3 Å². The number of hydrogen-bond acceptors (Lipinski definition) is 5. The van der Waals surface area contributed by atoms with E-state index in [0.717, 1.165) is 22.3 Å². The van der Waals surface area contributed by atoms with Crippen LogP contribution < -0.4 is 10.6 Å². The van der Waals surface area contributed by atoms with Gasteiger partial charge in [-0.15, -0.1) is 0 Å². The number of carbonyl (C=O) groups excluding carboxylic acids is 2. The molecule has 0 fully saturated rings. The average Bonchev–Trinajstić information content (AvgIpc) is 3.08. The average molecular weight is 443 g/mol. The summed E-state index contributed by atoms with van der Waals surface area (Å²) in [5.41, 5.74) is 4.36. The van der Waals surface area contributed by atoms with Crippen molar-refractivity contribution >= 4 is 29.7 Å². The number of nitrogens with one attached hydrogen (secondary N) is 2. The standard InChI is InChI=1S/C23H26N2O5S/c1-14(31-2)12-24-22(28)20(11-21(26)27)25-23(29)30-13-19-17-9-5-3-7-15(17)16-8-4-6-10-18(16)19/h3-10,14,19-20H,11-13H2,1-2H3,(H,24,28)(H,25,29)(H,26,27). The number of carboxylic acid groups (broad SMARTS) is 1. The lowest BCUT2D eigenvalue weighted by Crippen LogP contribution is -2.49. The Morgan fingerprint density at radius 2 is 1.65 bits per heavy atom. The third kappa shape index (κ3) is 5.58. The molecule has 2 unspecified atom stereocenters. The summed E-state index contributed by atoms with van der Waals surface area (Å²) in [6.45, 7) is 2.41. The molecule has 0 saturated heterocycles. The van der Waals surface area contributed by atoms with Gasteiger partial charge in [-0.1, -0.05) is 55.5 Å². The molecule has 8 heteroatoms. The van der Waals surface area contributed by atoms with E-state index in [0.29, 0.717) is 6.54 Å². The van der Waals surface area contributed by atoms with E-state index >= 15 is 0 Å². The van der Waals surface area contributed by atoms with Crippen LogP contribution in [0.3, 0.4) is 0 Å². The van der Waals surface area contributed by atoms with E-state index in [2.05, 4.69) is 10.6 Å². The van der Waals surface area contributed by atoms with E-state index in [1.807, 2.05) is 61.7 Å². The van der Waals surface area contributed by atoms with Crippen molar-refractivity contribution in [2.75, 3.05) is 19.4 Å². The second-order valence-corrected chi connectivity index (χ2v) is 8.69. The highest BCUT2D eigenvalue weighted by Gasteiger charge is 2.30. The molecule has 0 spiro atoms. The summed E-state index contributed by atoms with van der Waals surface area (Å²) in [6, 6.07) is 14.7. The molecule has 0 aliphatic heterocycles. The maximum absolute atomic E-state index is 12.4. The van der Waals surface area contributed by atoms with Crippen LogP contribution in [0.15, 0.2) is 48.5 Å². The third-order valence-corrected chi connectivity index (χ3v) is 6.27. The number of aliphatic carboxylic acids is 1. The van der Waals surface area contributed by atoms with Crippen molar-refractivity contribution in [1.29, 1.82) is 0 Å². The fourth-order valence-corrected chi connectivity index (χ4v) is 3.87. The predicted molar refractivity (Wildman–Crippen MR) is 120 cm³/mol. The second kappa shape index (κ2) is 10.3. The molecule has 0 saturated carbocycles. The van der Waals surface area contributed by atoms with Crippen LogP contribution in [-0.4, -0.2) is 53.8 Å². The Morgan fingerprint density at radius 1 is 1.06 bits per heavy atom. The molecule has 0 aromatic heterocycles. The quantitative estimate of drug-likeness (QED) is 0.551. The lowest BCUT2D eigenvalue weighted by Gasteiger charge is -2.19. The molecule has 0 heterocycles. The minimum Gasteiger partial charge on any atom is -0.481 e. The molecule has 2 aromatic carbocycles. The van der Waals surface area contributed by atoms with E-state index < -0.39 is 30.4 Å².